The number of nitrogens with zero attached hydrogens (tertiary/aromatic N) is 3. The average Bonchev–Trinajstić information content (AvgIpc) is 3.40. The summed E-state index contributed by atoms with van der Waals surface area (Å²) in [6, 6.07) is 22.1. The number of rotatable bonds is 5. The molecule has 1 amide bonds. The second-order valence-electron chi connectivity index (χ2n) is 7.62. The number of aromatic nitrogens is 3. The summed E-state index contributed by atoms with van der Waals surface area (Å²) in [5, 5.41) is 7.41. The van der Waals surface area contributed by atoms with Crippen LogP contribution in [0.4, 0.5) is 0 Å². The van der Waals surface area contributed by atoms with Crippen LogP contribution in [0.15, 0.2) is 94.7 Å². The molecule has 7 heteroatoms. The lowest BCUT2D eigenvalue weighted by Crippen LogP contribution is -2.23. The Morgan fingerprint density at radius 2 is 1.79 bits per heavy atom. The van der Waals surface area contributed by atoms with Crippen molar-refractivity contribution in [1.29, 1.82) is 0 Å². The van der Waals surface area contributed by atoms with Crippen molar-refractivity contribution in [1.82, 2.24) is 20.1 Å². The van der Waals surface area contributed by atoms with Crippen molar-refractivity contribution in [3.63, 3.8) is 0 Å². The summed E-state index contributed by atoms with van der Waals surface area (Å²) < 4.78 is 7.80. The minimum absolute atomic E-state index is 0.145. The van der Waals surface area contributed by atoms with Gasteiger partial charge in [0.2, 0.25) is 0 Å². The Morgan fingerprint density at radius 1 is 1.00 bits per heavy atom. The van der Waals surface area contributed by atoms with E-state index in [2.05, 4.69) is 15.4 Å². The van der Waals surface area contributed by atoms with Crippen molar-refractivity contribution in [2.45, 2.75) is 13.5 Å². The zero-order chi connectivity index (χ0) is 22.8. The van der Waals surface area contributed by atoms with Gasteiger partial charge in [-0.2, -0.15) is 5.10 Å². The molecule has 0 radical (unpaired) electrons. The fourth-order valence-corrected chi connectivity index (χ4v) is 3.74. The first-order valence-corrected chi connectivity index (χ1v) is 10.5. The standard InChI is InChI=1S/C26H20N4O3/c1-17-23(31)21-8-5-9-22(25(21)33-24(17)19-6-3-2-4-7-19)26(32)28-14-18-10-12-20(13-11-18)30-16-27-15-29-30/h2-13,15-16H,14H2,1H3,(H,28,32). The molecule has 0 atom stereocenters. The van der Waals surface area contributed by atoms with Crippen molar-refractivity contribution in [3.05, 3.63) is 112 Å². The SMILES string of the molecule is Cc1c(-c2ccccc2)oc2c(C(=O)NCc3ccc(-n4cncn4)cc3)cccc2c1=O. The van der Waals surface area contributed by atoms with E-state index in [4.69, 9.17) is 4.42 Å². The average molecular weight is 436 g/mol. The predicted octanol–water partition coefficient (Wildman–Crippen LogP) is 4.28. The Labute approximate surface area is 189 Å². The first kappa shape index (κ1) is 20.4. The highest BCUT2D eigenvalue weighted by molar-refractivity contribution is 6.05. The zero-order valence-corrected chi connectivity index (χ0v) is 17.9. The lowest BCUT2D eigenvalue weighted by molar-refractivity contribution is 0.0951. The summed E-state index contributed by atoms with van der Waals surface area (Å²) in [6.07, 6.45) is 3.10. The number of hydrogen-bond acceptors (Lipinski definition) is 5. The van der Waals surface area contributed by atoms with Gasteiger partial charge in [-0.25, -0.2) is 9.67 Å². The lowest BCUT2D eigenvalue weighted by atomic mass is 10.0. The molecule has 0 saturated heterocycles. The van der Waals surface area contributed by atoms with Crippen molar-refractivity contribution in [2.24, 2.45) is 0 Å². The van der Waals surface area contributed by atoms with E-state index in [1.54, 1.807) is 36.1 Å². The van der Waals surface area contributed by atoms with Crippen LogP contribution >= 0.6 is 0 Å². The highest BCUT2D eigenvalue weighted by Crippen LogP contribution is 2.27. The van der Waals surface area contributed by atoms with Crippen LogP contribution in [-0.2, 0) is 6.54 Å². The van der Waals surface area contributed by atoms with Crippen LogP contribution in [-0.4, -0.2) is 20.7 Å². The Morgan fingerprint density at radius 3 is 2.52 bits per heavy atom. The van der Waals surface area contributed by atoms with Crippen LogP contribution in [0.5, 0.6) is 0 Å². The third-order valence-corrected chi connectivity index (χ3v) is 5.50. The van der Waals surface area contributed by atoms with Gasteiger partial charge in [-0.1, -0.05) is 48.5 Å². The maximum absolute atomic E-state index is 13.0. The predicted molar refractivity (Wildman–Crippen MR) is 125 cm³/mol. The molecule has 0 aliphatic carbocycles. The van der Waals surface area contributed by atoms with Crippen LogP contribution in [0.1, 0.15) is 21.5 Å². The van der Waals surface area contributed by atoms with E-state index in [1.807, 2.05) is 54.6 Å². The fourth-order valence-electron chi connectivity index (χ4n) is 3.74. The van der Waals surface area contributed by atoms with E-state index in [-0.39, 0.29) is 16.9 Å². The minimum atomic E-state index is -0.313. The molecule has 0 spiro atoms. The molecule has 7 nitrogen and oxygen atoms in total. The zero-order valence-electron chi connectivity index (χ0n) is 17.9. The van der Waals surface area contributed by atoms with Crippen molar-refractivity contribution in [2.75, 3.05) is 0 Å². The monoisotopic (exact) mass is 436 g/mol. The number of nitrogens with one attached hydrogen (secondary N) is 1. The molecular formula is C26H20N4O3. The molecule has 0 bridgehead atoms. The van der Waals surface area contributed by atoms with Crippen molar-refractivity contribution >= 4 is 16.9 Å². The van der Waals surface area contributed by atoms with Gasteiger partial charge in [-0.05, 0) is 36.8 Å². The van der Waals surface area contributed by atoms with E-state index in [9.17, 15) is 9.59 Å². The van der Waals surface area contributed by atoms with E-state index < -0.39 is 0 Å². The van der Waals surface area contributed by atoms with E-state index >= 15 is 0 Å². The quantitative estimate of drug-likeness (QED) is 0.444. The first-order valence-electron chi connectivity index (χ1n) is 10.5. The highest BCUT2D eigenvalue weighted by Gasteiger charge is 2.18. The first-order chi connectivity index (χ1) is 16.1. The number of fused-ring (bicyclic) bond motifs is 1. The van der Waals surface area contributed by atoms with Crippen LogP contribution < -0.4 is 10.7 Å². The molecule has 0 saturated carbocycles. The Bertz CT molecular complexity index is 1490. The molecule has 5 rings (SSSR count). The van der Waals surface area contributed by atoms with Gasteiger partial charge in [-0.15, -0.1) is 0 Å². The molecule has 162 valence electrons. The summed E-state index contributed by atoms with van der Waals surface area (Å²) >= 11 is 0. The minimum Gasteiger partial charge on any atom is -0.455 e. The Hall–Kier alpha value is -4.52. The van der Waals surface area contributed by atoms with Gasteiger partial charge in [0.15, 0.2) is 11.0 Å². The second-order valence-corrected chi connectivity index (χ2v) is 7.62. The van der Waals surface area contributed by atoms with E-state index in [0.29, 0.717) is 28.8 Å². The number of carbonyl (C=O) groups is 1. The Balaban J connectivity index is 1.44. The molecule has 0 unspecified atom stereocenters. The second kappa shape index (κ2) is 8.55. The molecule has 1 N–H and O–H groups in total. The number of hydrogen-bond donors (Lipinski definition) is 1. The molecule has 5 aromatic rings. The summed E-state index contributed by atoms with van der Waals surface area (Å²) in [6.45, 7) is 2.07. The third kappa shape index (κ3) is 3.92. The molecule has 0 aliphatic heterocycles. The van der Waals surface area contributed by atoms with E-state index in [0.717, 1.165) is 16.8 Å². The van der Waals surface area contributed by atoms with Crippen LogP contribution in [0.3, 0.4) is 0 Å². The number of carbonyl (C=O) groups excluding carboxylic acids is 1. The van der Waals surface area contributed by atoms with Crippen molar-refractivity contribution in [3.8, 4) is 17.0 Å². The van der Waals surface area contributed by atoms with Gasteiger partial charge in [0.05, 0.1) is 16.6 Å². The Kier molecular flexibility index (Phi) is 5.28. The van der Waals surface area contributed by atoms with Gasteiger partial charge in [0.25, 0.3) is 5.91 Å². The number of amides is 1. The summed E-state index contributed by atoms with van der Waals surface area (Å²) in [5.41, 5.74) is 3.56. The van der Waals surface area contributed by atoms with Crippen LogP contribution in [0.25, 0.3) is 28.0 Å². The summed E-state index contributed by atoms with van der Waals surface area (Å²) in [4.78, 5) is 30.0. The third-order valence-electron chi connectivity index (χ3n) is 5.50. The van der Waals surface area contributed by atoms with Gasteiger partial charge in [0, 0.05) is 17.7 Å². The lowest BCUT2D eigenvalue weighted by Gasteiger charge is -2.11. The molecular weight excluding hydrogens is 416 g/mol. The summed E-state index contributed by atoms with van der Waals surface area (Å²) in [7, 11) is 0. The number of benzene rings is 3. The normalized spacial score (nSPS) is 10.9. The van der Waals surface area contributed by atoms with Gasteiger partial charge < -0.3 is 9.73 Å². The van der Waals surface area contributed by atoms with Gasteiger partial charge in [-0.3, -0.25) is 9.59 Å². The largest absolute Gasteiger partial charge is 0.455 e. The molecule has 2 heterocycles. The molecule has 0 aliphatic rings. The van der Waals surface area contributed by atoms with Crippen molar-refractivity contribution < 1.29 is 9.21 Å². The molecule has 2 aromatic heterocycles. The molecule has 3 aromatic carbocycles. The maximum atomic E-state index is 13.0. The number of para-hydroxylation sites is 1. The smallest absolute Gasteiger partial charge is 0.255 e. The summed E-state index contributed by atoms with van der Waals surface area (Å²) in [5.74, 6) is 0.156. The molecule has 0 fully saturated rings. The fraction of sp³-hybridized carbons (Fsp3) is 0.0769. The topological polar surface area (TPSA) is 90.0 Å². The highest BCUT2D eigenvalue weighted by atomic mass is 16.3. The van der Waals surface area contributed by atoms with Gasteiger partial charge in [0.1, 0.15) is 18.4 Å². The van der Waals surface area contributed by atoms with Gasteiger partial charge >= 0.3 is 0 Å². The van der Waals surface area contributed by atoms with Crippen LogP contribution in [0, 0.1) is 6.92 Å². The van der Waals surface area contributed by atoms with Crippen LogP contribution in [0.2, 0.25) is 0 Å². The molecule has 33 heavy (non-hydrogen) atoms. The van der Waals surface area contributed by atoms with E-state index in [1.165, 1.54) is 6.33 Å². The maximum Gasteiger partial charge on any atom is 0.255 e.